The Morgan fingerprint density at radius 3 is 2.14 bits per heavy atom. The molecule has 0 unspecified atom stereocenters. The first-order valence-electron chi connectivity index (χ1n) is 1.44. The van der Waals surface area contributed by atoms with E-state index in [-0.39, 0.29) is 9.57 Å². The Kier molecular flexibility index (Phi) is 3.37. The van der Waals surface area contributed by atoms with E-state index in [0.717, 1.165) is 0 Å². The molecule has 0 spiro atoms. The number of alkyl halides is 2. The minimum absolute atomic E-state index is 0.111. The van der Waals surface area contributed by atoms with Gasteiger partial charge >= 0.3 is 0 Å². The molecule has 0 atom stereocenters. The summed E-state index contributed by atoms with van der Waals surface area (Å²) in [6.45, 7) is 0. The molecule has 0 radical (unpaired) electrons. The van der Waals surface area contributed by atoms with Gasteiger partial charge in [0.25, 0.3) is 0 Å². The molecule has 3 N–H and O–H groups in total. The summed E-state index contributed by atoms with van der Waals surface area (Å²) in [5.41, 5.74) is 5.02. The zero-order valence-electron chi connectivity index (χ0n) is 3.31. The van der Waals surface area contributed by atoms with Crippen molar-refractivity contribution in [3.63, 3.8) is 0 Å². The average molecular weight is 232 g/mol. The lowest BCUT2D eigenvalue weighted by Gasteiger charge is -1.92. The van der Waals surface area contributed by atoms with E-state index in [1.807, 2.05) is 0 Å². The fourth-order valence-electron chi connectivity index (χ4n) is 0.0436. The molecule has 0 fully saturated rings. The summed E-state index contributed by atoms with van der Waals surface area (Å²) in [4.78, 5) is 0. The summed E-state index contributed by atoms with van der Waals surface area (Å²) >= 11 is 6.00. The highest BCUT2D eigenvalue weighted by Crippen LogP contribution is 2.06. The molecular formula is C2H4Br2N2O. The molecule has 0 aromatic rings. The van der Waals surface area contributed by atoms with Crippen molar-refractivity contribution >= 4 is 37.7 Å². The van der Waals surface area contributed by atoms with Crippen LogP contribution in [-0.4, -0.2) is 14.8 Å². The number of amidine groups is 1. The van der Waals surface area contributed by atoms with Crippen LogP contribution in [0.3, 0.4) is 0 Å². The highest BCUT2D eigenvalue weighted by atomic mass is 79.9. The summed E-state index contributed by atoms with van der Waals surface area (Å²) in [7, 11) is 0. The minimum atomic E-state index is -0.231. The van der Waals surface area contributed by atoms with Crippen molar-refractivity contribution in [2.24, 2.45) is 10.9 Å². The van der Waals surface area contributed by atoms with Crippen LogP contribution in [0.5, 0.6) is 0 Å². The molecule has 0 rings (SSSR count). The molecule has 0 bridgehead atoms. The van der Waals surface area contributed by atoms with Gasteiger partial charge in [-0.1, -0.05) is 37.0 Å². The third kappa shape index (κ3) is 2.87. The van der Waals surface area contributed by atoms with Gasteiger partial charge in [-0.3, -0.25) is 0 Å². The van der Waals surface area contributed by atoms with Gasteiger partial charge in [0.05, 0.1) is 0 Å². The summed E-state index contributed by atoms with van der Waals surface area (Å²) in [6.07, 6.45) is 0. The van der Waals surface area contributed by atoms with Gasteiger partial charge in [0.15, 0.2) is 5.84 Å². The van der Waals surface area contributed by atoms with Crippen LogP contribution in [-0.2, 0) is 0 Å². The molecule has 0 aromatic heterocycles. The lowest BCUT2D eigenvalue weighted by atomic mass is 10.7. The zero-order valence-corrected chi connectivity index (χ0v) is 6.48. The zero-order chi connectivity index (χ0) is 5.86. The largest absolute Gasteiger partial charge is 0.409 e. The smallest absolute Gasteiger partial charge is 0.163 e. The molecular weight excluding hydrogens is 228 g/mol. The predicted molar refractivity (Wildman–Crippen MR) is 35.1 cm³/mol. The van der Waals surface area contributed by atoms with E-state index in [4.69, 9.17) is 10.9 Å². The number of hydrogen-bond donors (Lipinski definition) is 2. The Labute approximate surface area is 57.8 Å². The lowest BCUT2D eigenvalue weighted by molar-refractivity contribution is 0.318. The molecule has 7 heavy (non-hydrogen) atoms. The van der Waals surface area contributed by atoms with Gasteiger partial charge in [-0.15, -0.1) is 0 Å². The lowest BCUT2D eigenvalue weighted by Crippen LogP contribution is -2.18. The molecule has 0 aliphatic carbocycles. The van der Waals surface area contributed by atoms with Crippen molar-refractivity contribution in [3.8, 4) is 0 Å². The van der Waals surface area contributed by atoms with Gasteiger partial charge in [-0.05, 0) is 0 Å². The standard InChI is InChI=1S/C2H4Br2N2O/c3-1(4)2(5)6-7/h1,7H,(H2,5,6). The van der Waals surface area contributed by atoms with Crippen LogP contribution < -0.4 is 5.73 Å². The number of nitrogens with zero attached hydrogens (tertiary/aromatic N) is 1. The Morgan fingerprint density at radius 2 is 2.14 bits per heavy atom. The van der Waals surface area contributed by atoms with Crippen LogP contribution in [0.4, 0.5) is 0 Å². The fourth-order valence-corrected chi connectivity index (χ4v) is 0.227. The van der Waals surface area contributed by atoms with Gasteiger partial charge in [0.2, 0.25) is 0 Å². The summed E-state index contributed by atoms with van der Waals surface area (Å²) in [6, 6.07) is 0. The normalized spacial score (nSPS) is 12.7. The molecule has 0 aliphatic rings. The number of nitrogens with two attached hydrogens (primary N) is 1. The maximum atomic E-state index is 7.91. The van der Waals surface area contributed by atoms with E-state index in [1.54, 1.807) is 0 Å². The van der Waals surface area contributed by atoms with Gasteiger partial charge in [0, 0.05) is 0 Å². The quantitative estimate of drug-likeness (QED) is 0.231. The monoisotopic (exact) mass is 230 g/mol. The van der Waals surface area contributed by atoms with E-state index in [0.29, 0.717) is 0 Å². The first-order chi connectivity index (χ1) is 3.18. The van der Waals surface area contributed by atoms with Gasteiger partial charge in [-0.25, -0.2) is 0 Å². The van der Waals surface area contributed by atoms with Gasteiger partial charge in [0.1, 0.15) is 3.74 Å². The van der Waals surface area contributed by atoms with Crippen LogP contribution in [0.15, 0.2) is 5.16 Å². The first-order valence-corrected chi connectivity index (χ1v) is 3.27. The highest BCUT2D eigenvalue weighted by molar-refractivity contribution is 9.25. The Morgan fingerprint density at radius 1 is 1.71 bits per heavy atom. The van der Waals surface area contributed by atoms with Crippen LogP contribution in [0.25, 0.3) is 0 Å². The van der Waals surface area contributed by atoms with Crippen molar-refractivity contribution in [3.05, 3.63) is 0 Å². The van der Waals surface area contributed by atoms with Crippen LogP contribution in [0.2, 0.25) is 0 Å². The van der Waals surface area contributed by atoms with Crippen molar-refractivity contribution in [2.45, 2.75) is 3.74 Å². The molecule has 3 nitrogen and oxygen atoms in total. The molecule has 42 valence electrons. The molecule has 5 heteroatoms. The minimum Gasteiger partial charge on any atom is -0.409 e. The molecule has 0 aromatic carbocycles. The molecule has 0 saturated heterocycles. The summed E-state index contributed by atoms with van der Waals surface area (Å²) in [5.74, 6) is 0.111. The third-order valence-corrected chi connectivity index (χ3v) is 1.28. The topological polar surface area (TPSA) is 58.6 Å². The van der Waals surface area contributed by atoms with Crippen LogP contribution >= 0.6 is 31.9 Å². The van der Waals surface area contributed by atoms with E-state index in [1.165, 1.54) is 0 Å². The third-order valence-electron chi connectivity index (χ3n) is 0.339. The van der Waals surface area contributed by atoms with Crippen molar-refractivity contribution < 1.29 is 5.21 Å². The second-order valence-corrected chi connectivity index (χ2v) is 3.89. The molecule has 0 heterocycles. The maximum Gasteiger partial charge on any atom is 0.163 e. The summed E-state index contributed by atoms with van der Waals surface area (Å²) < 4.78 is -0.231. The van der Waals surface area contributed by atoms with Gasteiger partial charge < -0.3 is 10.9 Å². The second kappa shape index (κ2) is 3.26. The summed E-state index contributed by atoms with van der Waals surface area (Å²) in [5, 5.41) is 10.6. The number of hydrogen-bond acceptors (Lipinski definition) is 2. The van der Waals surface area contributed by atoms with E-state index in [2.05, 4.69) is 37.0 Å². The Hall–Kier alpha value is 0.230. The van der Waals surface area contributed by atoms with Crippen molar-refractivity contribution in [1.82, 2.24) is 0 Å². The molecule has 0 amide bonds. The Balaban J connectivity index is 3.56. The number of halogens is 2. The molecule has 0 aliphatic heterocycles. The SMILES string of the molecule is NC(=NO)C(Br)Br. The fraction of sp³-hybridized carbons (Fsp3) is 0.500. The highest BCUT2D eigenvalue weighted by Gasteiger charge is 2.00. The van der Waals surface area contributed by atoms with Crippen LogP contribution in [0.1, 0.15) is 0 Å². The first kappa shape index (κ1) is 7.23. The van der Waals surface area contributed by atoms with E-state index in [9.17, 15) is 0 Å². The second-order valence-electron chi connectivity index (χ2n) is 0.826. The van der Waals surface area contributed by atoms with Crippen molar-refractivity contribution in [1.29, 1.82) is 0 Å². The number of rotatable bonds is 1. The van der Waals surface area contributed by atoms with Gasteiger partial charge in [-0.2, -0.15) is 0 Å². The van der Waals surface area contributed by atoms with E-state index >= 15 is 0 Å². The predicted octanol–water partition coefficient (Wildman–Crippen LogP) is 0.849. The number of oxime groups is 1. The van der Waals surface area contributed by atoms with Crippen LogP contribution in [0, 0.1) is 0 Å². The maximum absolute atomic E-state index is 7.91. The average Bonchev–Trinajstić information content (AvgIpc) is 1.65. The molecule has 0 saturated carbocycles. The Bertz CT molecular complexity index is 81.8. The van der Waals surface area contributed by atoms with E-state index < -0.39 is 0 Å². The van der Waals surface area contributed by atoms with Crippen molar-refractivity contribution in [2.75, 3.05) is 0 Å².